The number of nitrogens with zero attached hydrogens (tertiary/aromatic N) is 2. The monoisotopic (exact) mass is 624 g/mol. The molecule has 0 saturated heterocycles. The number of aromatic nitrogens is 2. The molecular weight excluding hydrogens is 593 g/mol. The SMILES string of the molecule is CC1(C)c2ccccc2C2(c3ccccc3-c3c(-c4ccc5c6ccccc6c6nc7ccccc7n6c5c4)cccc32)c2ccccc21. The largest absolute Gasteiger partial charge is 0.292 e. The van der Waals surface area contributed by atoms with Crippen LogP contribution in [0.1, 0.15) is 47.2 Å². The highest BCUT2D eigenvalue weighted by atomic mass is 15.0. The van der Waals surface area contributed by atoms with Crippen molar-refractivity contribution in [3.63, 3.8) is 0 Å². The van der Waals surface area contributed by atoms with Gasteiger partial charge in [0.15, 0.2) is 0 Å². The van der Waals surface area contributed by atoms with Crippen LogP contribution in [0.3, 0.4) is 0 Å². The predicted octanol–water partition coefficient (Wildman–Crippen LogP) is 11.5. The van der Waals surface area contributed by atoms with E-state index in [2.05, 4.69) is 176 Å². The Bertz CT molecular complexity index is 2820. The number of para-hydroxylation sites is 2. The minimum atomic E-state index is -0.411. The third-order valence-corrected chi connectivity index (χ3v) is 11.6. The quantitative estimate of drug-likeness (QED) is 0.166. The lowest BCUT2D eigenvalue weighted by molar-refractivity contribution is 0.563. The zero-order chi connectivity index (χ0) is 32.5. The van der Waals surface area contributed by atoms with Crippen molar-refractivity contribution in [2.24, 2.45) is 0 Å². The Morgan fingerprint density at radius 1 is 0.449 bits per heavy atom. The molecule has 2 heteroatoms. The predicted molar refractivity (Wildman–Crippen MR) is 203 cm³/mol. The standard InChI is InChI=1S/C47H32N2/c1-46(2)36-19-7-9-21-38(36)47(39-22-10-8-20-37(39)46)35-18-6-5-16-34(35)44-30(17-13-23-40(44)47)29-26-27-32-31-14-3-4-15-33(31)45-48-41-24-11-12-25-42(41)49(45)43(32)28-29/h3-28H,1-2H3. The summed E-state index contributed by atoms with van der Waals surface area (Å²) in [6.45, 7) is 4.77. The van der Waals surface area contributed by atoms with Crippen molar-refractivity contribution in [1.82, 2.24) is 9.38 Å². The molecule has 2 aliphatic carbocycles. The summed E-state index contributed by atoms with van der Waals surface area (Å²) >= 11 is 0. The third-order valence-electron chi connectivity index (χ3n) is 11.6. The molecule has 9 aromatic rings. The fourth-order valence-electron chi connectivity index (χ4n) is 9.62. The average Bonchev–Trinajstić information content (AvgIpc) is 3.69. The molecule has 2 heterocycles. The van der Waals surface area contributed by atoms with Crippen LogP contribution < -0.4 is 0 Å². The van der Waals surface area contributed by atoms with Crippen molar-refractivity contribution >= 4 is 38.4 Å². The fraction of sp³-hybridized carbons (Fsp3) is 0.0851. The summed E-state index contributed by atoms with van der Waals surface area (Å²) < 4.78 is 2.37. The van der Waals surface area contributed by atoms with E-state index in [-0.39, 0.29) is 5.41 Å². The maximum absolute atomic E-state index is 5.16. The summed E-state index contributed by atoms with van der Waals surface area (Å²) in [6, 6.07) is 58.7. The first-order valence-electron chi connectivity index (χ1n) is 17.2. The third kappa shape index (κ3) is 3.24. The van der Waals surface area contributed by atoms with Crippen molar-refractivity contribution in [1.29, 1.82) is 0 Å². The van der Waals surface area contributed by atoms with Crippen molar-refractivity contribution in [2.45, 2.75) is 24.7 Å². The Balaban J connectivity index is 1.26. The van der Waals surface area contributed by atoms with E-state index in [1.165, 1.54) is 77.3 Å². The molecule has 0 unspecified atom stereocenters. The molecule has 7 aromatic carbocycles. The van der Waals surface area contributed by atoms with Gasteiger partial charge in [0.25, 0.3) is 0 Å². The first kappa shape index (κ1) is 27.0. The van der Waals surface area contributed by atoms with E-state index in [0.29, 0.717) is 0 Å². The molecule has 0 bridgehead atoms. The lowest BCUT2D eigenvalue weighted by Crippen LogP contribution is -2.40. The van der Waals surface area contributed by atoms with Crippen LogP contribution in [0.25, 0.3) is 60.6 Å². The first-order valence-corrected chi connectivity index (χ1v) is 17.2. The summed E-state index contributed by atoms with van der Waals surface area (Å²) in [5.41, 5.74) is 17.2. The van der Waals surface area contributed by atoms with Crippen LogP contribution in [-0.2, 0) is 10.8 Å². The van der Waals surface area contributed by atoms with Gasteiger partial charge in [-0.2, -0.15) is 0 Å². The van der Waals surface area contributed by atoms with E-state index in [1.54, 1.807) is 0 Å². The maximum atomic E-state index is 5.16. The minimum absolute atomic E-state index is 0.117. The summed E-state index contributed by atoms with van der Waals surface area (Å²) in [7, 11) is 0. The second kappa shape index (κ2) is 9.33. The Morgan fingerprint density at radius 2 is 1.04 bits per heavy atom. The lowest BCUT2D eigenvalue weighted by Gasteiger charge is -2.46. The van der Waals surface area contributed by atoms with E-state index in [0.717, 1.165) is 16.7 Å². The van der Waals surface area contributed by atoms with Crippen molar-refractivity contribution in [3.8, 4) is 22.3 Å². The van der Waals surface area contributed by atoms with E-state index < -0.39 is 5.41 Å². The van der Waals surface area contributed by atoms with Crippen LogP contribution in [0.5, 0.6) is 0 Å². The number of hydrogen-bond acceptors (Lipinski definition) is 1. The van der Waals surface area contributed by atoms with Crippen LogP contribution in [-0.4, -0.2) is 9.38 Å². The van der Waals surface area contributed by atoms with Gasteiger partial charge in [-0.05, 0) is 79.2 Å². The Kier molecular flexibility index (Phi) is 5.14. The summed E-state index contributed by atoms with van der Waals surface area (Å²) in [5.74, 6) is 0. The number of rotatable bonds is 1. The van der Waals surface area contributed by atoms with Crippen LogP contribution >= 0.6 is 0 Å². The van der Waals surface area contributed by atoms with Gasteiger partial charge in [-0.15, -0.1) is 0 Å². The zero-order valence-electron chi connectivity index (χ0n) is 27.4. The van der Waals surface area contributed by atoms with Gasteiger partial charge < -0.3 is 0 Å². The molecular formula is C47H32N2. The van der Waals surface area contributed by atoms with Gasteiger partial charge in [0.1, 0.15) is 5.65 Å². The van der Waals surface area contributed by atoms with Crippen LogP contribution in [0.4, 0.5) is 0 Å². The minimum Gasteiger partial charge on any atom is -0.292 e. The zero-order valence-corrected chi connectivity index (χ0v) is 27.4. The molecule has 0 saturated carbocycles. The normalized spacial score (nSPS) is 15.1. The fourth-order valence-corrected chi connectivity index (χ4v) is 9.62. The highest BCUT2D eigenvalue weighted by Gasteiger charge is 2.53. The molecule has 1 spiro atoms. The maximum Gasteiger partial charge on any atom is 0.146 e. The molecule has 0 fully saturated rings. The highest BCUT2D eigenvalue weighted by Crippen LogP contribution is 2.63. The average molecular weight is 625 g/mol. The van der Waals surface area contributed by atoms with Gasteiger partial charge in [-0.3, -0.25) is 4.40 Å². The number of benzene rings is 7. The second-order valence-corrected chi connectivity index (χ2v) is 14.3. The van der Waals surface area contributed by atoms with Crippen molar-refractivity contribution in [3.05, 3.63) is 191 Å². The highest BCUT2D eigenvalue weighted by molar-refractivity contribution is 6.14. The first-order chi connectivity index (χ1) is 24.1. The molecule has 2 aliphatic rings. The molecule has 230 valence electrons. The topological polar surface area (TPSA) is 17.3 Å². The van der Waals surface area contributed by atoms with Crippen LogP contribution in [0.2, 0.25) is 0 Å². The summed E-state index contributed by atoms with van der Waals surface area (Å²) in [4.78, 5) is 5.16. The number of imidazole rings is 1. The van der Waals surface area contributed by atoms with Gasteiger partial charge in [0.2, 0.25) is 0 Å². The molecule has 0 aliphatic heterocycles. The Morgan fingerprint density at radius 3 is 1.82 bits per heavy atom. The van der Waals surface area contributed by atoms with Crippen molar-refractivity contribution < 1.29 is 0 Å². The summed E-state index contributed by atoms with van der Waals surface area (Å²) in [6.07, 6.45) is 0. The number of pyridine rings is 1. The number of fused-ring (bicyclic) bond motifs is 17. The smallest absolute Gasteiger partial charge is 0.146 e. The van der Waals surface area contributed by atoms with E-state index >= 15 is 0 Å². The summed E-state index contributed by atoms with van der Waals surface area (Å²) in [5, 5.41) is 3.64. The Labute approximate surface area is 284 Å². The number of hydrogen-bond donors (Lipinski definition) is 0. The molecule has 2 nitrogen and oxygen atoms in total. The van der Waals surface area contributed by atoms with E-state index in [9.17, 15) is 0 Å². The molecule has 0 N–H and O–H groups in total. The van der Waals surface area contributed by atoms with Crippen LogP contribution in [0.15, 0.2) is 158 Å². The van der Waals surface area contributed by atoms with Crippen molar-refractivity contribution in [2.75, 3.05) is 0 Å². The van der Waals surface area contributed by atoms with Gasteiger partial charge >= 0.3 is 0 Å². The lowest BCUT2D eigenvalue weighted by atomic mass is 9.55. The molecule has 0 amide bonds. The molecule has 2 aromatic heterocycles. The Hall–Kier alpha value is -5.99. The molecule has 0 atom stereocenters. The van der Waals surface area contributed by atoms with Gasteiger partial charge in [-0.25, -0.2) is 4.98 Å². The van der Waals surface area contributed by atoms with E-state index in [1.807, 2.05) is 0 Å². The molecule has 11 rings (SSSR count). The van der Waals surface area contributed by atoms with Crippen LogP contribution in [0, 0.1) is 0 Å². The molecule has 0 radical (unpaired) electrons. The van der Waals surface area contributed by atoms with Gasteiger partial charge in [0.05, 0.1) is 22.0 Å². The van der Waals surface area contributed by atoms with Gasteiger partial charge in [0, 0.05) is 16.2 Å². The van der Waals surface area contributed by atoms with E-state index in [4.69, 9.17) is 4.98 Å². The second-order valence-electron chi connectivity index (χ2n) is 14.3. The van der Waals surface area contributed by atoms with Gasteiger partial charge in [-0.1, -0.05) is 153 Å². The molecule has 49 heavy (non-hydrogen) atoms.